The van der Waals surface area contributed by atoms with Gasteiger partial charge in [-0.2, -0.15) is 51.9 Å². The fraction of sp³-hybridized carbons (Fsp3) is 0.106. The van der Waals surface area contributed by atoms with Gasteiger partial charge in [0.15, 0.2) is 11.4 Å². The third-order valence-electron chi connectivity index (χ3n) is 11.7. The molecule has 414 valence electrons. The van der Waals surface area contributed by atoms with Gasteiger partial charge in [-0.05, 0) is 86.0 Å². The van der Waals surface area contributed by atoms with Crippen LogP contribution in [0.15, 0.2) is 166 Å². The molecule has 0 saturated heterocycles. The lowest BCUT2D eigenvalue weighted by atomic mass is 10.1. The van der Waals surface area contributed by atoms with Gasteiger partial charge >= 0.3 is 0 Å². The Hall–Kier alpha value is -8.09. The average molecular weight is 1210 g/mol. The first-order valence-electron chi connectivity index (χ1n) is 22.6. The number of phenolic OH excluding ortho intramolecular Hbond substituents is 1. The Kier molecular flexibility index (Phi) is 15.2. The molecule has 0 fully saturated rings. The smallest absolute Gasteiger partial charge is 0.297 e. The first-order valence-corrected chi connectivity index (χ1v) is 30.8. The fourth-order valence-electron chi connectivity index (χ4n) is 8.03. The third kappa shape index (κ3) is 12.2. The van der Waals surface area contributed by atoms with Crippen molar-refractivity contribution in [3.05, 3.63) is 121 Å². The minimum atomic E-state index is -5.45. The number of thiazole rings is 1. The summed E-state index contributed by atoms with van der Waals surface area (Å²) in [5, 5.41) is 51.1. The number of ether oxygens (including phenoxy) is 1. The molecule has 7 aromatic carbocycles. The van der Waals surface area contributed by atoms with Crippen molar-refractivity contribution in [2.75, 3.05) is 12.4 Å². The predicted octanol–water partition coefficient (Wildman–Crippen LogP) is 10.5. The van der Waals surface area contributed by atoms with E-state index in [-0.39, 0.29) is 58.6 Å². The summed E-state index contributed by atoms with van der Waals surface area (Å²) in [6.45, 7) is 1.65. The maximum absolute atomic E-state index is 13.2. The Morgan fingerprint density at radius 2 is 1.20 bits per heavy atom. The summed E-state index contributed by atoms with van der Waals surface area (Å²) in [5.74, 6) is -2.04. The van der Waals surface area contributed by atoms with E-state index in [0.29, 0.717) is 39.3 Å². The Labute approximate surface area is 456 Å². The second-order valence-electron chi connectivity index (χ2n) is 17.1. The molecule has 0 amide bonds. The van der Waals surface area contributed by atoms with E-state index in [9.17, 15) is 70.5 Å². The number of aromatic nitrogens is 3. The Balaban J connectivity index is 1.10. The molecule has 7 N–H and O–H groups in total. The van der Waals surface area contributed by atoms with E-state index in [1.807, 2.05) is 24.3 Å². The Morgan fingerprint density at radius 3 is 1.88 bits per heavy atom. The number of rotatable bonds is 18. The number of unbranched alkanes of at least 4 members (excludes halogenated alkanes) is 1. The van der Waals surface area contributed by atoms with Gasteiger partial charge in [0.2, 0.25) is 11.0 Å². The predicted molar refractivity (Wildman–Crippen MR) is 288 cm³/mol. The monoisotopic (exact) mass is 1210 g/mol. The summed E-state index contributed by atoms with van der Waals surface area (Å²) in [7, 11) is -25.7. The number of nitrogens with zero attached hydrogens (tertiary/aromatic N) is 9. The molecule has 0 radical (unpaired) electrons. The van der Waals surface area contributed by atoms with Gasteiger partial charge in [0.05, 0.1) is 38.8 Å². The van der Waals surface area contributed by atoms with Crippen molar-refractivity contribution in [1.82, 2.24) is 14.8 Å². The Bertz CT molecular complexity index is 4670. The number of hydrogen-bond donors (Lipinski definition) is 7. The van der Waals surface area contributed by atoms with Crippen LogP contribution in [0.4, 0.5) is 33.6 Å². The number of azo groups is 3. The molecule has 0 bridgehead atoms. The fourth-order valence-corrected chi connectivity index (χ4v) is 12.3. The molecule has 2 heterocycles. The zero-order chi connectivity index (χ0) is 57.7. The minimum absolute atomic E-state index is 0.0438. The van der Waals surface area contributed by atoms with E-state index in [0.717, 1.165) is 34.5 Å². The first-order chi connectivity index (χ1) is 37.5. The molecule has 80 heavy (non-hydrogen) atoms. The summed E-state index contributed by atoms with van der Waals surface area (Å²) in [4.78, 5) is -0.0804. The van der Waals surface area contributed by atoms with Crippen LogP contribution in [-0.4, -0.2) is 102 Å². The van der Waals surface area contributed by atoms with Crippen molar-refractivity contribution in [2.45, 2.75) is 39.3 Å². The quantitative estimate of drug-likeness (QED) is 0.0238. The van der Waals surface area contributed by atoms with Crippen molar-refractivity contribution >= 4 is 127 Å². The van der Waals surface area contributed by atoms with Gasteiger partial charge in [0.1, 0.15) is 43.2 Å². The van der Waals surface area contributed by atoms with Crippen molar-refractivity contribution < 1.29 is 79.8 Å². The van der Waals surface area contributed by atoms with Gasteiger partial charge in [-0.3, -0.25) is 22.8 Å². The number of phenols is 1. The van der Waals surface area contributed by atoms with E-state index >= 15 is 0 Å². The summed E-state index contributed by atoms with van der Waals surface area (Å²) in [6, 6.07) is 24.9. The lowest BCUT2D eigenvalue weighted by molar-refractivity contribution is 0.310. The zero-order valence-corrected chi connectivity index (χ0v) is 45.3. The van der Waals surface area contributed by atoms with Crippen molar-refractivity contribution in [3.63, 3.8) is 0 Å². The van der Waals surface area contributed by atoms with Crippen LogP contribution in [0.2, 0.25) is 0 Å². The summed E-state index contributed by atoms with van der Waals surface area (Å²) < 4.78 is 181. The molecule has 0 aliphatic rings. The second kappa shape index (κ2) is 21.5. The number of aryl methyl sites for hydroxylation is 1. The molecule has 2 aromatic heterocycles. The van der Waals surface area contributed by atoms with Gasteiger partial charge in [0, 0.05) is 33.2 Å². The van der Waals surface area contributed by atoms with Crippen molar-refractivity contribution in [3.8, 4) is 34.3 Å². The van der Waals surface area contributed by atoms with Crippen molar-refractivity contribution in [2.24, 2.45) is 30.7 Å². The number of aromatic hydroxyl groups is 2. The van der Waals surface area contributed by atoms with Crippen LogP contribution in [0.3, 0.4) is 0 Å². The van der Waals surface area contributed by atoms with E-state index in [1.54, 1.807) is 19.1 Å². The SMILES string of the molecule is Cc1cc(N=Nc2ccc3c(S(=O)(=O)O)c(N=Nc4c(-c5ccccc5)nn(-c5cc(S(=O)(=O)O)c6cc(S(=O)(=O)O)cc(S(=O)(=O)O)c6c5)c4O)ccc3c2O)c(OCCCCS(=O)(=O)O)cc1N=Nc1nc2ccccc2s1. The number of benzene rings is 7. The molecule has 33 heteroatoms. The largest absolute Gasteiger partial charge is 0.505 e. The van der Waals surface area contributed by atoms with E-state index in [1.165, 1.54) is 47.7 Å². The standard InChI is InChI=1S/C47H37N9O18S6/c1-25-19-37(38(74-17-7-8-18-76(59,60)61)24-36(25)51-54-47-48-33-11-5-6-12-39(33)75-47)52-49-34-15-14-30-29(44(34)57)13-16-35(45(30)80(71,72)73)50-53-43-42(26-9-3-2-4-10-26)55-56(46(43)58)27-20-31-32(40(21-27)78(65,66)67)22-28(77(62,63)64)23-41(31)79(68,69)70/h2-6,9-16,19-24,57-58H,7-8,17-18H2,1H3,(H,59,60,61)(H,62,63,64)(H,65,66,67)(H,68,69,70)(H,71,72,73). The van der Waals surface area contributed by atoms with Gasteiger partial charge in [-0.25, -0.2) is 4.98 Å². The normalized spacial score (nSPS) is 13.0. The van der Waals surface area contributed by atoms with E-state index < -0.39 is 115 Å². The van der Waals surface area contributed by atoms with Crippen LogP contribution in [0, 0.1) is 6.92 Å². The number of hydrogen-bond acceptors (Lipinski definition) is 22. The first kappa shape index (κ1) is 56.6. The average Bonchev–Trinajstić information content (AvgIpc) is 4.11. The zero-order valence-electron chi connectivity index (χ0n) is 40.4. The lowest BCUT2D eigenvalue weighted by Gasteiger charge is -2.13. The summed E-state index contributed by atoms with van der Waals surface area (Å²) in [5.41, 5.74) is -0.286. The van der Waals surface area contributed by atoms with Crippen molar-refractivity contribution in [1.29, 1.82) is 0 Å². The molecular formula is C47H37N9O18S6. The van der Waals surface area contributed by atoms with Crippen LogP contribution in [0.5, 0.6) is 17.4 Å². The molecule has 0 aliphatic carbocycles. The van der Waals surface area contributed by atoms with Gasteiger partial charge < -0.3 is 14.9 Å². The highest BCUT2D eigenvalue weighted by atomic mass is 32.2. The maximum atomic E-state index is 13.2. The summed E-state index contributed by atoms with van der Waals surface area (Å²) in [6.07, 6.45) is 0.246. The topological polar surface area (TPSA) is 426 Å². The van der Waals surface area contributed by atoms with Crippen LogP contribution < -0.4 is 4.74 Å². The number of fused-ring (bicyclic) bond motifs is 3. The molecule has 9 aromatic rings. The van der Waals surface area contributed by atoms with Crippen LogP contribution in [-0.2, 0) is 50.6 Å². The van der Waals surface area contributed by atoms with Crippen LogP contribution in [0.25, 0.3) is 48.7 Å². The van der Waals surface area contributed by atoms with E-state index in [2.05, 4.69) is 40.8 Å². The Morgan fingerprint density at radius 1 is 0.575 bits per heavy atom. The molecule has 0 unspecified atom stereocenters. The minimum Gasteiger partial charge on any atom is -0.505 e. The molecule has 0 atom stereocenters. The number of para-hydroxylation sites is 1. The van der Waals surface area contributed by atoms with Gasteiger partial charge in [-0.1, -0.05) is 59.9 Å². The third-order valence-corrected chi connectivity index (χ3v) is 16.9. The highest BCUT2D eigenvalue weighted by Gasteiger charge is 2.29. The van der Waals surface area contributed by atoms with E-state index in [4.69, 9.17) is 9.29 Å². The molecular weight excluding hydrogens is 1170 g/mol. The molecule has 0 saturated carbocycles. The van der Waals surface area contributed by atoms with Crippen LogP contribution >= 0.6 is 11.3 Å². The van der Waals surface area contributed by atoms with Gasteiger partial charge in [0.25, 0.3) is 50.6 Å². The highest BCUT2D eigenvalue weighted by molar-refractivity contribution is 7.87. The molecule has 0 spiro atoms. The molecule has 27 nitrogen and oxygen atoms in total. The summed E-state index contributed by atoms with van der Waals surface area (Å²) >= 11 is 1.31. The van der Waals surface area contributed by atoms with Crippen LogP contribution in [0.1, 0.15) is 18.4 Å². The highest BCUT2D eigenvalue weighted by Crippen LogP contribution is 2.46. The lowest BCUT2D eigenvalue weighted by Crippen LogP contribution is -2.08. The molecule has 0 aliphatic heterocycles. The second-order valence-corrected chi connectivity index (χ2v) is 25.3. The maximum Gasteiger partial charge on any atom is 0.297 e. The molecule has 9 rings (SSSR count). The van der Waals surface area contributed by atoms with Gasteiger partial charge in [-0.15, -0.1) is 30.7 Å².